The van der Waals surface area contributed by atoms with Crippen LogP contribution in [0.15, 0.2) is 24.4 Å². The Hall–Kier alpha value is -1.68. The fourth-order valence-electron chi connectivity index (χ4n) is 1.73. The third-order valence-electron chi connectivity index (χ3n) is 2.43. The second-order valence-corrected chi connectivity index (χ2v) is 4.50. The number of thiazole rings is 1. The van der Waals surface area contributed by atoms with Crippen LogP contribution in [0.5, 0.6) is 0 Å². The van der Waals surface area contributed by atoms with E-state index in [1.54, 1.807) is 17.5 Å². The standard InChI is InChI=1S/C11H8N2OS/c1-7-2-3-9-10(4-7)15-11-12-5-8(6-14)13(9)11/h2-6H,1H3. The first-order chi connectivity index (χ1) is 7.29. The molecule has 0 aliphatic heterocycles. The van der Waals surface area contributed by atoms with Gasteiger partial charge in [0.2, 0.25) is 0 Å². The maximum absolute atomic E-state index is 10.8. The van der Waals surface area contributed by atoms with Crippen LogP contribution in [-0.2, 0) is 0 Å². The highest BCUT2D eigenvalue weighted by atomic mass is 32.1. The fraction of sp³-hybridized carbons (Fsp3) is 0.0909. The number of aromatic nitrogens is 2. The number of benzene rings is 1. The zero-order valence-electron chi connectivity index (χ0n) is 8.10. The minimum absolute atomic E-state index is 0.611. The number of carbonyl (C=O) groups excluding carboxylic acids is 1. The van der Waals surface area contributed by atoms with Crippen LogP contribution in [0, 0.1) is 6.92 Å². The van der Waals surface area contributed by atoms with Crippen LogP contribution in [0.2, 0.25) is 0 Å². The Morgan fingerprint density at radius 1 is 1.47 bits per heavy atom. The van der Waals surface area contributed by atoms with Gasteiger partial charge >= 0.3 is 0 Å². The molecule has 0 aliphatic rings. The second-order valence-electron chi connectivity index (χ2n) is 3.49. The van der Waals surface area contributed by atoms with Crippen LogP contribution < -0.4 is 0 Å². The average Bonchev–Trinajstić information content (AvgIpc) is 2.74. The van der Waals surface area contributed by atoms with Crippen molar-refractivity contribution in [2.24, 2.45) is 0 Å². The number of rotatable bonds is 1. The lowest BCUT2D eigenvalue weighted by Crippen LogP contribution is -1.87. The Labute approximate surface area is 90.0 Å². The van der Waals surface area contributed by atoms with Gasteiger partial charge in [-0.3, -0.25) is 9.20 Å². The van der Waals surface area contributed by atoms with Gasteiger partial charge in [-0.2, -0.15) is 0 Å². The molecule has 0 aliphatic carbocycles. The van der Waals surface area contributed by atoms with Crippen LogP contribution in [-0.4, -0.2) is 15.7 Å². The summed E-state index contributed by atoms with van der Waals surface area (Å²) in [6, 6.07) is 6.19. The molecule has 0 fully saturated rings. The van der Waals surface area contributed by atoms with Gasteiger partial charge in [0.25, 0.3) is 0 Å². The maximum Gasteiger partial charge on any atom is 0.195 e. The highest BCUT2D eigenvalue weighted by Gasteiger charge is 2.09. The molecule has 2 aromatic heterocycles. The number of carbonyl (C=O) groups is 1. The normalized spacial score (nSPS) is 11.3. The van der Waals surface area contributed by atoms with Crippen molar-refractivity contribution < 1.29 is 4.79 Å². The Morgan fingerprint density at radius 3 is 3.13 bits per heavy atom. The van der Waals surface area contributed by atoms with Crippen LogP contribution >= 0.6 is 11.3 Å². The zero-order chi connectivity index (χ0) is 10.4. The SMILES string of the molecule is Cc1ccc2c(c1)sc1ncc(C=O)n12. The molecular formula is C11H8N2OS. The van der Waals surface area contributed by atoms with Gasteiger partial charge in [0.05, 0.1) is 16.4 Å². The molecule has 15 heavy (non-hydrogen) atoms. The molecule has 2 heterocycles. The Bertz CT molecular complexity index is 666. The lowest BCUT2D eigenvalue weighted by Gasteiger charge is -1.94. The van der Waals surface area contributed by atoms with Crippen molar-refractivity contribution in [2.45, 2.75) is 6.92 Å². The Balaban J connectivity index is 2.54. The van der Waals surface area contributed by atoms with Crippen molar-refractivity contribution in [3.63, 3.8) is 0 Å². The first-order valence-corrected chi connectivity index (χ1v) is 5.43. The van der Waals surface area contributed by atoms with E-state index in [0.29, 0.717) is 5.69 Å². The molecule has 3 rings (SSSR count). The zero-order valence-corrected chi connectivity index (χ0v) is 8.91. The number of nitrogens with zero attached hydrogens (tertiary/aromatic N) is 2. The summed E-state index contributed by atoms with van der Waals surface area (Å²) in [5.41, 5.74) is 2.89. The molecule has 0 bridgehead atoms. The van der Waals surface area contributed by atoms with Gasteiger partial charge in [-0.25, -0.2) is 4.98 Å². The molecule has 3 aromatic rings. The maximum atomic E-state index is 10.8. The van der Waals surface area contributed by atoms with E-state index >= 15 is 0 Å². The summed E-state index contributed by atoms with van der Waals surface area (Å²) < 4.78 is 3.06. The molecule has 0 N–H and O–H groups in total. The minimum atomic E-state index is 0.611. The molecule has 0 saturated heterocycles. The third-order valence-corrected chi connectivity index (χ3v) is 3.45. The molecule has 4 heteroatoms. The van der Waals surface area contributed by atoms with Gasteiger partial charge in [0.1, 0.15) is 5.69 Å². The molecule has 0 amide bonds. The topological polar surface area (TPSA) is 34.4 Å². The van der Waals surface area contributed by atoms with Crippen molar-refractivity contribution in [3.05, 3.63) is 35.7 Å². The van der Waals surface area contributed by atoms with E-state index < -0.39 is 0 Å². The molecule has 0 radical (unpaired) electrons. The van der Waals surface area contributed by atoms with Crippen molar-refractivity contribution in [1.82, 2.24) is 9.38 Å². The smallest absolute Gasteiger partial charge is 0.195 e. The summed E-state index contributed by atoms with van der Waals surface area (Å²) in [5, 5.41) is 0. The predicted octanol–water partition coefficient (Wildman–Crippen LogP) is 2.67. The number of hydrogen-bond acceptors (Lipinski definition) is 3. The molecule has 1 aromatic carbocycles. The van der Waals surface area contributed by atoms with Gasteiger partial charge in [-0.1, -0.05) is 17.4 Å². The molecule has 74 valence electrons. The van der Waals surface area contributed by atoms with E-state index in [1.807, 2.05) is 16.5 Å². The van der Waals surface area contributed by atoms with Gasteiger partial charge < -0.3 is 0 Å². The van der Waals surface area contributed by atoms with Crippen molar-refractivity contribution in [2.75, 3.05) is 0 Å². The third kappa shape index (κ3) is 1.11. The quantitative estimate of drug-likeness (QED) is 0.586. The molecule has 0 atom stereocenters. The molecule has 0 unspecified atom stereocenters. The van der Waals surface area contributed by atoms with Crippen LogP contribution in [0.1, 0.15) is 16.1 Å². The summed E-state index contributed by atoms with van der Waals surface area (Å²) in [6.07, 6.45) is 2.45. The van der Waals surface area contributed by atoms with Crippen LogP contribution in [0.3, 0.4) is 0 Å². The lowest BCUT2D eigenvalue weighted by atomic mass is 10.2. The molecule has 0 spiro atoms. The second kappa shape index (κ2) is 2.90. The average molecular weight is 216 g/mol. The summed E-state index contributed by atoms with van der Waals surface area (Å²) in [5.74, 6) is 0. The molecular weight excluding hydrogens is 208 g/mol. The summed E-state index contributed by atoms with van der Waals surface area (Å²) in [7, 11) is 0. The number of aryl methyl sites for hydroxylation is 1. The number of fused-ring (bicyclic) bond motifs is 3. The summed E-state index contributed by atoms with van der Waals surface area (Å²) >= 11 is 1.60. The summed E-state index contributed by atoms with van der Waals surface area (Å²) in [4.78, 5) is 15.9. The largest absolute Gasteiger partial charge is 0.296 e. The lowest BCUT2D eigenvalue weighted by molar-refractivity contribution is 0.111. The number of hydrogen-bond donors (Lipinski definition) is 0. The van der Waals surface area contributed by atoms with E-state index in [4.69, 9.17) is 0 Å². The molecule has 0 saturated carbocycles. The first-order valence-electron chi connectivity index (χ1n) is 4.61. The van der Waals surface area contributed by atoms with Crippen molar-refractivity contribution in [3.8, 4) is 0 Å². The van der Waals surface area contributed by atoms with Gasteiger partial charge in [0, 0.05) is 0 Å². The first kappa shape index (κ1) is 8.61. The minimum Gasteiger partial charge on any atom is -0.296 e. The Morgan fingerprint density at radius 2 is 2.33 bits per heavy atom. The highest BCUT2D eigenvalue weighted by molar-refractivity contribution is 7.23. The van der Waals surface area contributed by atoms with E-state index in [-0.39, 0.29) is 0 Å². The molecule has 3 nitrogen and oxygen atoms in total. The number of imidazole rings is 1. The van der Waals surface area contributed by atoms with E-state index in [1.165, 1.54) is 10.3 Å². The van der Waals surface area contributed by atoms with Gasteiger partial charge in [-0.15, -0.1) is 0 Å². The van der Waals surface area contributed by atoms with Gasteiger partial charge in [-0.05, 0) is 24.6 Å². The van der Waals surface area contributed by atoms with Crippen molar-refractivity contribution >= 4 is 32.8 Å². The highest BCUT2D eigenvalue weighted by Crippen LogP contribution is 2.27. The Kier molecular flexibility index (Phi) is 1.67. The van der Waals surface area contributed by atoms with E-state index in [0.717, 1.165) is 16.8 Å². The van der Waals surface area contributed by atoms with E-state index in [9.17, 15) is 4.79 Å². The number of aldehydes is 1. The predicted molar refractivity (Wildman–Crippen MR) is 60.7 cm³/mol. The van der Waals surface area contributed by atoms with Gasteiger partial charge in [0.15, 0.2) is 11.2 Å². The van der Waals surface area contributed by atoms with E-state index in [2.05, 4.69) is 18.0 Å². The van der Waals surface area contributed by atoms with Crippen LogP contribution in [0.4, 0.5) is 0 Å². The van der Waals surface area contributed by atoms with Crippen molar-refractivity contribution in [1.29, 1.82) is 0 Å². The summed E-state index contributed by atoms with van der Waals surface area (Å²) in [6.45, 7) is 2.06. The monoisotopic (exact) mass is 216 g/mol. The fourth-order valence-corrected chi connectivity index (χ4v) is 2.84. The van der Waals surface area contributed by atoms with Crippen LogP contribution in [0.25, 0.3) is 15.2 Å².